The summed E-state index contributed by atoms with van der Waals surface area (Å²) in [7, 11) is 0. The molecule has 0 saturated carbocycles. The summed E-state index contributed by atoms with van der Waals surface area (Å²) in [6, 6.07) is 6.78. The van der Waals surface area contributed by atoms with Crippen molar-refractivity contribution in [3.8, 4) is 0 Å². The first-order valence-corrected chi connectivity index (χ1v) is 9.23. The first kappa shape index (κ1) is 18.3. The van der Waals surface area contributed by atoms with Gasteiger partial charge in [-0.3, -0.25) is 19.3 Å². The Morgan fingerprint density at radius 2 is 2.15 bits per heavy atom. The van der Waals surface area contributed by atoms with E-state index in [9.17, 15) is 14.4 Å². The van der Waals surface area contributed by atoms with E-state index >= 15 is 0 Å². The van der Waals surface area contributed by atoms with Crippen LogP contribution in [-0.4, -0.2) is 35.9 Å². The fraction of sp³-hybridized carbons (Fsp3) is 0.294. The molecule has 1 N–H and O–H groups in total. The van der Waals surface area contributed by atoms with Gasteiger partial charge in [0.2, 0.25) is 5.91 Å². The van der Waals surface area contributed by atoms with E-state index in [4.69, 9.17) is 16.3 Å². The highest BCUT2D eigenvalue weighted by atomic mass is 35.5. The average molecular weight is 394 g/mol. The monoisotopic (exact) mass is 393 g/mol. The number of nitrogens with one attached hydrogen (secondary N) is 1. The van der Waals surface area contributed by atoms with Crippen LogP contribution in [0.25, 0.3) is 0 Å². The van der Waals surface area contributed by atoms with E-state index in [-0.39, 0.29) is 12.3 Å². The van der Waals surface area contributed by atoms with Gasteiger partial charge in [-0.1, -0.05) is 23.7 Å². The van der Waals surface area contributed by atoms with Crippen LogP contribution in [0.4, 0.5) is 10.8 Å². The Morgan fingerprint density at radius 1 is 1.35 bits per heavy atom. The quantitative estimate of drug-likeness (QED) is 0.762. The van der Waals surface area contributed by atoms with Gasteiger partial charge in [0.05, 0.1) is 22.8 Å². The Kier molecular flexibility index (Phi) is 5.85. The molecule has 0 spiro atoms. The van der Waals surface area contributed by atoms with Crippen LogP contribution in [0, 0.1) is 0 Å². The molecule has 136 valence electrons. The van der Waals surface area contributed by atoms with Gasteiger partial charge in [0, 0.05) is 18.3 Å². The van der Waals surface area contributed by atoms with Crippen LogP contribution in [0.15, 0.2) is 29.6 Å². The minimum absolute atomic E-state index is 0.0460. The number of hydrogen-bond acceptors (Lipinski definition) is 6. The number of carbonyl (C=O) groups is 3. The third kappa shape index (κ3) is 4.59. The molecule has 3 rings (SSSR count). The van der Waals surface area contributed by atoms with E-state index < -0.39 is 18.5 Å². The van der Waals surface area contributed by atoms with Crippen molar-refractivity contribution in [1.82, 2.24) is 4.98 Å². The third-order valence-corrected chi connectivity index (χ3v) is 4.92. The number of halogens is 1. The van der Waals surface area contributed by atoms with Crippen LogP contribution < -0.4 is 10.2 Å². The van der Waals surface area contributed by atoms with Crippen LogP contribution in [0.1, 0.15) is 18.5 Å². The molecule has 1 aromatic heterocycles. The zero-order valence-electron chi connectivity index (χ0n) is 13.7. The highest BCUT2D eigenvalue weighted by Gasteiger charge is 2.24. The van der Waals surface area contributed by atoms with E-state index in [0.717, 1.165) is 6.42 Å². The third-order valence-electron chi connectivity index (χ3n) is 3.68. The smallest absolute Gasteiger partial charge is 0.312 e. The number of hydrogen-bond donors (Lipinski definition) is 1. The van der Waals surface area contributed by atoms with Crippen LogP contribution in [0.5, 0.6) is 0 Å². The molecule has 26 heavy (non-hydrogen) atoms. The van der Waals surface area contributed by atoms with Crippen molar-refractivity contribution in [2.45, 2.75) is 19.3 Å². The summed E-state index contributed by atoms with van der Waals surface area (Å²) in [4.78, 5) is 41.3. The SMILES string of the molecule is O=C(COC(=O)Cc1csc(N2CCCC2=O)n1)Nc1ccccc1Cl. The van der Waals surface area contributed by atoms with Gasteiger partial charge < -0.3 is 10.1 Å². The summed E-state index contributed by atoms with van der Waals surface area (Å²) in [5, 5.41) is 5.28. The fourth-order valence-electron chi connectivity index (χ4n) is 2.45. The molecule has 9 heteroatoms. The van der Waals surface area contributed by atoms with Gasteiger partial charge >= 0.3 is 5.97 Å². The molecule has 1 aliphatic rings. The maximum Gasteiger partial charge on any atom is 0.312 e. The molecule has 1 saturated heterocycles. The van der Waals surface area contributed by atoms with Gasteiger partial charge in [0.1, 0.15) is 0 Å². The Hall–Kier alpha value is -2.45. The van der Waals surface area contributed by atoms with Crippen molar-refractivity contribution in [1.29, 1.82) is 0 Å². The molecule has 7 nitrogen and oxygen atoms in total. The van der Waals surface area contributed by atoms with Crippen LogP contribution in [0.3, 0.4) is 0 Å². The van der Waals surface area contributed by atoms with Crippen molar-refractivity contribution < 1.29 is 19.1 Å². The van der Waals surface area contributed by atoms with Crippen LogP contribution >= 0.6 is 22.9 Å². The van der Waals surface area contributed by atoms with Crippen LogP contribution in [0.2, 0.25) is 5.02 Å². The number of rotatable bonds is 6. The van der Waals surface area contributed by atoms with E-state index in [1.54, 1.807) is 34.5 Å². The molecule has 2 heterocycles. The first-order valence-electron chi connectivity index (χ1n) is 7.97. The Balaban J connectivity index is 1.47. The van der Waals surface area contributed by atoms with Crippen LogP contribution in [-0.2, 0) is 25.5 Å². The Morgan fingerprint density at radius 3 is 2.88 bits per heavy atom. The molecular formula is C17H16ClN3O4S. The minimum Gasteiger partial charge on any atom is -0.455 e. The first-order chi connectivity index (χ1) is 12.5. The Bertz CT molecular complexity index is 839. The topological polar surface area (TPSA) is 88.6 Å². The largest absolute Gasteiger partial charge is 0.455 e. The lowest BCUT2D eigenvalue weighted by Gasteiger charge is -2.10. The van der Waals surface area contributed by atoms with Gasteiger partial charge in [0.15, 0.2) is 11.7 Å². The standard InChI is InChI=1S/C17H16ClN3O4S/c18-12-4-1-2-5-13(12)20-14(22)9-25-16(24)8-11-10-26-17(19-11)21-7-3-6-15(21)23/h1-2,4-5,10H,3,6-9H2,(H,20,22). The maximum absolute atomic E-state index is 11.9. The maximum atomic E-state index is 11.9. The van der Waals surface area contributed by atoms with Crippen molar-refractivity contribution in [3.05, 3.63) is 40.4 Å². The zero-order chi connectivity index (χ0) is 18.5. The Labute approximate surface area is 158 Å². The molecule has 0 unspecified atom stereocenters. The van der Waals surface area contributed by atoms with Crippen molar-refractivity contribution in [3.63, 3.8) is 0 Å². The molecule has 0 bridgehead atoms. The normalized spacial score (nSPS) is 13.7. The number of carbonyl (C=O) groups excluding carboxylic acids is 3. The van der Waals surface area contributed by atoms with Crippen molar-refractivity contribution in [2.24, 2.45) is 0 Å². The summed E-state index contributed by atoms with van der Waals surface area (Å²) in [6.07, 6.45) is 1.28. The molecule has 2 aromatic rings. The van der Waals surface area contributed by atoms with Crippen molar-refractivity contribution in [2.75, 3.05) is 23.4 Å². The fourth-order valence-corrected chi connectivity index (χ4v) is 3.50. The highest BCUT2D eigenvalue weighted by molar-refractivity contribution is 7.14. The minimum atomic E-state index is -0.566. The van der Waals surface area contributed by atoms with Crippen molar-refractivity contribution >= 4 is 51.5 Å². The van der Waals surface area contributed by atoms with Gasteiger partial charge in [0.25, 0.3) is 5.91 Å². The van der Waals surface area contributed by atoms with Gasteiger partial charge in [-0.25, -0.2) is 4.98 Å². The van der Waals surface area contributed by atoms with E-state index in [1.165, 1.54) is 11.3 Å². The number of anilines is 2. The van der Waals surface area contributed by atoms with E-state index in [0.29, 0.717) is 34.5 Å². The molecule has 0 atom stereocenters. The van der Waals surface area contributed by atoms with Gasteiger partial charge in [-0.05, 0) is 18.6 Å². The number of amides is 2. The number of esters is 1. The average Bonchev–Trinajstić information content (AvgIpc) is 3.24. The van der Waals surface area contributed by atoms with Gasteiger partial charge in [-0.2, -0.15) is 0 Å². The van der Waals surface area contributed by atoms with E-state index in [2.05, 4.69) is 10.3 Å². The van der Waals surface area contributed by atoms with E-state index in [1.807, 2.05) is 0 Å². The number of aromatic nitrogens is 1. The lowest BCUT2D eigenvalue weighted by molar-refractivity contribution is -0.146. The molecule has 1 aliphatic heterocycles. The summed E-state index contributed by atoms with van der Waals surface area (Å²) in [5.74, 6) is -0.998. The second-order valence-corrected chi connectivity index (χ2v) is 6.88. The molecule has 1 aromatic carbocycles. The second kappa shape index (κ2) is 8.29. The lowest BCUT2D eigenvalue weighted by Crippen LogP contribution is -2.23. The number of para-hydroxylation sites is 1. The highest BCUT2D eigenvalue weighted by Crippen LogP contribution is 2.25. The lowest BCUT2D eigenvalue weighted by atomic mass is 10.3. The summed E-state index contributed by atoms with van der Waals surface area (Å²) in [6.45, 7) is 0.240. The molecule has 1 fully saturated rings. The second-order valence-electron chi connectivity index (χ2n) is 5.64. The molecule has 0 radical (unpaired) electrons. The summed E-state index contributed by atoms with van der Waals surface area (Å²) < 4.78 is 4.97. The zero-order valence-corrected chi connectivity index (χ0v) is 15.3. The predicted molar refractivity (Wildman–Crippen MR) is 98.4 cm³/mol. The molecular weight excluding hydrogens is 378 g/mol. The van der Waals surface area contributed by atoms with Gasteiger partial charge in [-0.15, -0.1) is 11.3 Å². The number of benzene rings is 1. The molecule has 0 aliphatic carbocycles. The number of ether oxygens (including phenoxy) is 1. The summed E-state index contributed by atoms with van der Waals surface area (Å²) in [5.41, 5.74) is 0.968. The summed E-state index contributed by atoms with van der Waals surface area (Å²) >= 11 is 7.26. The number of thiazole rings is 1. The number of nitrogens with zero attached hydrogens (tertiary/aromatic N) is 2. The predicted octanol–water partition coefficient (Wildman–Crippen LogP) is 2.65. The molecule has 2 amide bonds.